The number of amides is 1. The fourth-order valence-corrected chi connectivity index (χ4v) is 4.52. The minimum absolute atomic E-state index is 0.215. The van der Waals surface area contributed by atoms with E-state index in [0.29, 0.717) is 28.0 Å². The zero-order valence-electron chi connectivity index (χ0n) is 16.7. The number of fused-ring (bicyclic) bond motifs is 1. The molecule has 2 aromatic heterocycles. The summed E-state index contributed by atoms with van der Waals surface area (Å²) in [4.78, 5) is 21.0. The topological polar surface area (TPSA) is 64.8 Å². The maximum absolute atomic E-state index is 13.5. The number of carbonyl (C=O) groups is 1. The predicted octanol–water partition coefficient (Wildman–Crippen LogP) is 5.48. The molecule has 0 aliphatic carbocycles. The molecule has 2 heterocycles. The lowest BCUT2D eigenvalue weighted by Gasteiger charge is -2.19. The molecule has 0 aliphatic rings. The van der Waals surface area contributed by atoms with E-state index < -0.39 is 0 Å². The van der Waals surface area contributed by atoms with Gasteiger partial charge in [-0.3, -0.25) is 9.69 Å². The number of aromatic nitrogens is 1. The molecule has 0 saturated heterocycles. The van der Waals surface area contributed by atoms with Crippen LogP contribution in [-0.4, -0.2) is 31.4 Å². The van der Waals surface area contributed by atoms with Crippen LogP contribution < -0.4 is 14.4 Å². The van der Waals surface area contributed by atoms with Crippen LogP contribution in [0.1, 0.15) is 16.1 Å². The molecule has 0 unspecified atom stereocenters. The van der Waals surface area contributed by atoms with Crippen molar-refractivity contribution in [1.82, 2.24) is 4.98 Å². The fraction of sp³-hybridized carbons (Fsp3) is 0.182. The zero-order chi connectivity index (χ0) is 21.1. The average molecular weight is 441 g/mol. The number of hydrogen-bond donors (Lipinski definition) is 0. The molecule has 8 heteroatoms. The summed E-state index contributed by atoms with van der Waals surface area (Å²) in [5, 5.41) is 0.603. The Morgan fingerprint density at radius 2 is 1.90 bits per heavy atom. The number of thiazole rings is 1. The molecule has 0 bridgehead atoms. The van der Waals surface area contributed by atoms with Crippen LogP contribution in [0, 0.1) is 0 Å². The third-order valence-corrected chi connectivity index (χ3v) is 6.32. The number of thioether (sulfide) groups is 1. The molecule has 0 fully saturated rings. The van der Waals surface area contributed by atoms with Crippen LogP contribution in [0.5, 0.6) is 11.5 Å². The summed E-state index contributed by atoms with van der Waals surface area (Å²) in [6.07, 6.45) is 3.63. The van der Waals surface area contributed by atoms with E-state index in [4.69, 9.17) is 18.9 Å². The molecule has 30 heavy (non-hydrogen) atoms. The van der Waals surface area contributed by atoms with Crippen LogP contribution in [0.4, 0.5) is 5.13 Å². The number of carbonyl (C=O) groups excluding carboxylic acids is 1. The van der Waals surface area contributed by atoms with Crippen LogP contribution >= 0.6 is 23.1 Å². The zero-order valence-corrected chi connectivity index (χ0v) is 18.4. The van der Waals surface area contributed by atoms with Crippen LogP contribution in [0.25, 0.3) is 10.2 Å². The first kappa shape index (κ1) is 20.3. The van der Waals surface area contributed by atoms with Gasteiger partial charge in [-0.1, -0.05) is 11.3 Å². The third-order valence-electron chi connectivity index (χ3n) is 4.55. The molecule has 4 rings (SSSR count). The van der Waals surface area contributed by atoms with E-state index >= 15 is 0 Å². The molecule has 0 saturated carbocycles. The fourth-order valence-electron chi connectivity index (χ4n) is 3.01. The maximum Gasteiger partial charge on any atom is 0.260 e. The number of methoxy groups -OCH3 is 2. The molecule has 4 aromatic rings. The number of hydrogen-bond acceptors (Lipinski definition) is 7. The first-order valence-corrected chi connectivity index (χ1v) is 11.2. The standard InChI is InChI=1S/C22H20N2O4S2/c1-26-16-9-14(10-17(11-16)27-2)21(25)24(13-15-5-4-8-28-15)22-23-19-7-6-18(29-3)12-20(19)30-22/h4-12H,13H2,1-3H3. The van der Waals surface area contributed by atoms with Gasteiger partial charge in [0.25, 0.3) is 5.91 Å². The first-order chi connectivity index (χ1) is 14.6. The van der Waals surface area contributed by atoms with Crippen molar-refractivity contribution in [1.29, 1.82) is 0 Å². The van der Waals surface area contributed by atoms with Gasteiger partial charge in [-0.25, -0.2) is 4.98 Å². The summed E-state index contributed by atoms with van der Waals surface area (Å²) in [5.74, 6) is 1.55. The Bertz CT molecular complexity index is 1150. The summed E-state index contributed by atoms with van der Waals surface area (Å²) < 4.78 is 17.2. The van der Waals surface area contributed by atoms with Crippen molar-refractivity contribution in [3.05, 3.63) is 66.1 Å². The van der Waals surface area contributed by atoms with Crippen LogP contribution in [0.3, 0.4) is 0 Å². The van der Waals surface area contributed by atoms with Gasteiger partial charge < -0.3 is 13.9 Å². The van der Waals surface area contributed by atoms with E-state index in [1.165, 1.54) is 11.3 Å². The van der Waals surface area contributed by atoms with E-state index in [1.54, 1.807) is 61.4 Å². The van der Waals surface area contributed by atoms with Gasteiger partial charge in [0.15, 0.2) is 5.13 Å². The Kier molecular flexibility index (Phi) is 5.96. The van der Waals surface area contributed by atoms with Gasteiger partial charge >= 0.3 is 0 Å². The molecule has 0 radical (unpaired) electrons. The van der Waals surface area contributed by atoms with Gasteiger partial charge in [0.05, 0.1) is 37.2 Å². The summed E-state index contributed by atoms with van der Waals surface area (Å²) in [6, 6.07) is 14.9. The summed E-state index contributed by atoms with van der Waals surface area (Å²) in [5.41, 5.74) is 1.30. The largest absolute Gasteiger partial charge is 0.497 e. The van der Waals surface area contributed by atoms with E-state index in [0.717, 1.165) is 15.1 Å². The highest BCUT2D eigenvalue weighted by Gasteiger charge is 2.24. The normalized spacial score (nSPS) is 10.9. The van der Waals surface area contributed by atoms with Crippen molar-refractivity contribution in [2.45, 2.75) is 11.4 Å². The van der Waals surface area contributed by atoms with E-state index in [2.05, 4.69) is 6.07 Å². The minimum atomic E-state index is -0.215. The maximum atomic E-state index is 13.5. The number of furan rings is 1. The number of rotatable bonds is 7. The number of anilines is 1. The lowest BCUT2D eigenvalue weighted by atomic mass is 10.1. The van der Waals surface area contributed by atoms with Crippen molar-refractivity contribution in [2.24, 2.45) is 0 Å². The van der Waals surface area contributed by atoms with Gasteiger partial charge in [-0.2, -0.15) is 0 Å². The molecule has 154 valence electrons. The predicted molar refractivity (Wildman–Crippen MR) is 120 cm³/mol. The molecule has 2 aromatic carbocycles. The SMILES string of the molecule is COc1cc(OC)cc(C(=O)N(Cc2ccco2)c2nc3ccc(SC)cc3s2)c1. The van der Waals surface area contributed by atoms with Gasteiger partial charge in [0.2, 0.25) is 0 Å². The Balaban J connectivity index is 1.77. The number of ether oxygens (including phenoxy) is 2. The quantitative estimate of drug-likeness (QED) is 0.355. The molecule has 6 nitrogen and oxygen atoms in total. The molecule has 1 amide bonds. The molecule has 0 N–H and O–H groups in total. The minimum Gasteiger partial charge on any atom is -0.497 e. The Hall–Kier alpha value is -2.97. The van der Waals surface area contributed by atoms with E-state index in [1.807, 2.05) is 24.5 Å². The van der Waals surface area contributed by atoms with Crippen molar-refractivity contribution in [3.63, 3.8) is 0 Å². The third kappa shape index (κ3) is 4.15. The lowest BCUT2D eigenvalue weighted by molar-refractivity contribution is 0.0982. The van der Waals surface area contributed by atoms with Crippen LogP contribution in [-0.2, 0) is 6.54 Å². The van der Waals surface area contributed by atoms with Crippen LogP contribution in [0.2, 0.25) is 0 Å². The van der Waals surface area contributed by atoms with Crippen molar-refractivity contribution in [2.75, 3.05) is 25.4 Å². The van der Waals surface area contributed by atoms with Gasteiger partial charge in [0.1, 0.15) is 17.3 Å². The van der Waals surface area contributed by atoms with Gasteiger partial charge in [-0.05, 0) is 48.7 Å². The second kappa shape index (κ2) is 8.81. The Morgan fingerprint density at radius 1 is 1.13 bits per heavy atom. The van der Waals surface area contributed by atoms with Crippen molar-refractivity contribution < 1.29 is 18.7 Å². The van der Waals surface area contributed by atoms with Crippen LogP contribution in [0.15, 0.2) is 64.1 Å². The first-order valence-electron chi connectivity index (χ1n) is 9.13. The Labute approximate surface area is 182 Å². The van der Waals surface area contributed by atoms with Gasteiger partial charge in [0, 0.05) is 16.5 Å². The Morgan fingerprint density at radius 3 is 2.53 bits per heavy atom. The molecular formula is C22H20N2O4S2. The summed E-state index contributed by atoms with van der Waals surface area (Å²) in [6.45, 7) is 0.264. The average Bonchev–Trinajstić information content (AvgIpc) is 3.45. The second-order valence-corrected chi connectivity index (χ2v) is 8.29. The summed E-state index contributed by atoms with van der Waals surface area (Å²) >= 11 is 3.15. The van der Waals surface area contributed by atoms with Crippen molar-refractivity contribution in [3.8, 4) is 11.5 Å². The molecule has 0 aliphatic heterocycles. The number of nitrogens with zero attached hydrogens (tertiary/aromatic N) is 2. The highest BCUT2D eigenvalue weighted by atomic mass is 32.2. The smallest absolute Gasteiger partial charge is 0.260 e. The highest BCUT2D eigenvalue weighted by molar-refractivity contribution is 7.98. The highest BCUT2D eigenvalue weighted by Crippen LogP contribution is 2.34. The van der Waals surface area contributed by atoms with E-state index in [9.17, 15) is 4.79 Å². The number of benzene rings is 2. The van der Waals surface area contributed by atoms with E-state index in [-0.39, 0.29) is 12.5 Å². The second-order valence-electron chi connectivity index (χ2n) is 6.40. The van der Waals surface area contributed by atoms with Gasteiger partial charge in [-0.15, -0.1) is 11.8 Å². The molecule has 0 atom stereocenters. The summed E-state index contributed by atoms with van der Waals surface area (Å²) in [7, 11) is 3.11. The monoisotopic (exact) mass is 440 g/mol. The lowest BCUT2D eigenvalue weighted by Crippen LogP contribution is -2.30. The van der Waals surface area contributed by atoms with Crippen molar-refractivity contribution >= 4 is 44.4 Å². The molecular weight excluding hydrogens is 420 g/mol. The molecule has 0 spiro atoms.